The van der Waals surface area contributed by atoms with Gasteiger partial charge in [0.1, 0.15) is 0 Å². The van der Waals surface area contributed by atoms with Gasteiger partial charge >= 0.3 is 6.03 Å². The Kier molecular flexibility index (Phi) is 6.74. The second-order valence-electron chi connectivity index (χ2n) is 4.44. The number of rotatable bonds is 7. The van der Waals surface area contributed by atoms with Gasteiger partial charge in [-0.1, -0.05) is 13.8 Å². The SMILES string of the molecule is CCCN(CC)CCNC(=O)Nc1ccc(N)cc1. The molecule has 0 aliphatic rings. The van der Waals surface area contributed by atoms with Crippen LogP contribution in [-0.2, 0) is 0 Å². The van der Waals surface area contributed by atoms with Crippen LogP contribution in [0.15, 0.2) is 24.3 Å². The molecule has 0 atom stereocenters. The van der Waals surface area contributed by atoms with Gasteiger partial charge in [0.15, 0.2) is 0 Å². The van der Waals surface area contributed by atoms with E-state index in [4.69, 9.17) is 5.73 Å². The number of amides is 2. The molecule has 0 unspecified atom stereocenters. The smallest absolute Gasteiger partial charge is 0.319 e. The Bertz CT molecular complexity index is 378. The van der Waals surface area contributed by atoms with Gasteiger partial charge in [0, 0.05) is 24.5 Å². The van der Waals surface area contributed by atoms with Gasteiger partial charge in [-0.05, 0) is 43.8 Å². The van der Waals surface area contributed by atoms with Crippen molar-refractivity contribution in [1.82, 2.24) is 10.2 Å². The van der Waals surface area contributed by atoms with Gasteiger partial charge in [-0.15, -0.1) is 0 Å². The van der Waals surface area contributed by atoms with Gasteiger partial charge in [0.05, 0.1) is 0 Å². The second kappa shape index (κ2) is 8.37. The molecule has 0 bridgehead atoms. The third kappa shape index (κ3) is 6.10. The largest absolute Gasteiger partial charge is 0.399 e. The number of urea groups is 1. The lowest BCUT2D eigenvalue weighted by atomic mass is 10.3. The van der Waals surface area contributed by atoms with Gasteiger partial charge < -0.3 is 21.3 Å². The second-order valence-corrected chi connectivity index (χ2v) is 4.44. The van der Waals surface area contributed by atoms with E-state index in [2.05, 4.69) is 29.4 Å². The molecule has 0 heterocycles. The van der Waals surface area contributed by atoms with Crippen LogP contribution in [0.4, 0.5) is 16.2 Å². The van der Waals surface area contributed by atoms with Gasteiger partial charge in [-0.2, -0.15) is 0 Å². The van der Waals surface area contributed by atoms with Crippen molar-refractivity contribution in [3.63, 3.8) is 0 Å². The van der Waals surface area contributed by atoms with E-state index < -0.39 is 0 Å². The maximum atomic E-state index is 11.7. The third-order valence-electron chi connectivity index (χ3n) is 2.87. The van der Waals surface area contributed by atoms with Crippen molar-refractivity contribution < 1.29 is 4.79 Å². The van der Waals surface area contributed by atoms with Gasteiger partial charge in [0.25, 0.3) is 0 Å². The van der Waals surface area contributed by atoms with Crippen LogP contribution in [-0.4, -0.2) is 37.1 Å². The molecular formula is C14H24N4O. The van der Waals surface area contributed by atoms with E-state index in [0.29, 0.717) is 12.2 Å². The minimum absolute atomic E-state index is 0.183. The molecule has 19 heavy (non-hydrogen) atoms. The van der Waals surface area contributed by atoms with Crippen LogP contribution in [0.2, 0.25) is 0 Å². The van der Waals surface area contributed by atoms with Crippen molar-refractivity contribution >= 4 is 17.4 Å². The molecule has 0 aliphatic carbocycles. The van der Waals surface area contributed by atoms with Crippen molar-refractivity contribution in [3.8, 4) is 0 Å². The van der Waals surface area contributed by atoms with Crippen LogP contribution in [0.1, 0.15) is 20.3 Å². The molecule has 1 aromatic carbocycles. The summed E-state index contributed by atoms with van der Waals surface area (Å²) in [4.78, 5) is 14.0. The van der Waals surface area contributed by atoms with E-state index in [1.165, 1.54) is 0 Å². The zero-order valence-electron chi connectivity index (χ0n) is 11.8. The predicted octanol–water partition coefficient (Wildman–Crippen LogP) is 2.12. The summed E-state index contributed by atoms with van der Waals surface area (Å²) in [7, 11) is 0. The first-order chi connectivity index (χ1) is 9.15. The number of anilines is 2. The lowest BCUT2D eigenvalue weighted by molar-refractivity contribution is 0.246. The van der Waals surface area contributed by atoms with E-state index in [9.17, 15) is 4.79 Å². The fraction of sp³-hybridized carbons (Fsp3) is 0.500. The van der Waals surface area contributed by atoms with Crippen molar-refractivity contribution in [2.75, 3.05) is 37.2 Å². The van der Waals surface area contributed by atoms with Crippen LogP contribution in [0.5, 0.6) is 0 Å². The van der Waals surface area contributed by atoms with E-state index in [1.54, 1.807) is 24.3 Å². The number of hydrogen-bond acceptors (Lipinski definition) is 3. The molecule has 1 aromatic rings. The highest BCUT2D eigenvalue weighted by Crippen LogP contribution is 2.09. The summed E-state index contributed by atoms with van der Waals surface area (Å²) < 4.78 is 0. The van der Waals surface area contributed by atoms with E-state index in [0.717, 1.165) is 31.7 Å². The van der Waals surface area contributed by atoms with Gasteiger partial charge in [-0.3, -0.25) is 0 Å². The summed E-state index contributed by atoms with van der Waals surface area (Å²) in [5.74, 6) is 0. The van der Waals surface area contributed by atoms with Crippen LogP contribution in [0.25, 0.3) is 0 Å². The predicted molar refractivity (Wildman–Crippen MR) is 80.3 cm³/mol. The highest BCUT2D eigenvalue weighted by Gasteiger charge is 2.03. The summed E-state index contributed by atoms with van der Waals surface area (Å²) in [5, 5.41) is 5.61. The van der Waals surface area contributed by atoms with E-state index in [1.807, 2.05) is 0 Å². The summed E-state index contributed by atoms with van der Waals surface area (Å²) in [6.45, 7) is 7.88. The maximum Gasteiger partial charge on any atom is 0.319 e. The number of likely N-dealkylation sites (N-methyl/N-ethyl adjacent to an activating group) is 1. The summed E-state index contributed by atoms with van der Waals surface area (Å²) in [5.41, 5.74) is 7.01. The zero-order valence-corrected chi connectivity index (χ0v) is 11.8. The first-order valence-corrected chi connectivity index (χ1v) is 6.78. The molecule has 4 N–H and O–H groups in total. The number of nitrogens with zero attached hydrogens (tertiary/aromatic N) is 1. The first-order valence-electron chi connectivity index (χ1n) is 6.78. The summed E-state index contributed by atoms with van der Waals surface area (Å²) >= 11 is 0. The highest BCUT2D eigenvalue weighted by atomic mass is 16.2. The molecule has 0 aliphatic heterocycles. The quantitative estimate of drug-likeness (QED) is 0.661. The number of nitrogen functional groups attached to an aromatic ring is 1. The van der Waals surface area contributed by atoms with E-state index in [-0.39, 0.29) is 6.03 Å². The lowest BCUT2D eigenvalue weighted by Crippen LogP contribution is -2.37. The fourth-order valence-corrected chi connectivity index (χ4v) is 1.81. The normalized spacial score (nSPS) is 10.5. The van der Waals surface area contributed by atoms with Gasteiger partial charge in [-0.25, -0.2) is 4.79 Å². The summed E-state index contributed by atoms with van der Waals surface area (Å²) in [6.07, 6.45) is 1.13. The molecule has 0 aromatic heterocycles. The average molecular weight is 264 g/mol. The molecule has 0 fully saturated rings. The molecule has 0 saturated heterocycles. The number of carbonyl (C=O) groups excluding carboxylic acids is 1. The summed E-state index contributed by atoms with van der Waals surface area (Å²) in [6, 6.07) is 6.90. The van der Waals surface area contributed by atoms with Crippen LogP contribution >= 0.6 is 0 Å². The Labute approximate surface area is 115 Å². The van der Waals surface area contributed by atoms with Crippen molar-refractivity contribution in [3.05, 3.63) is 24.3 Å². The Morgan fingerprint density at radius 1 is 1.21 bits per heavy atom. The fourth-order valence-electron chi connectivity index (χ4n) is 1.81. The van der Waals surface area contributed by atoms with Crippen molar-refractivity contribution in [1.29, 1.82) is 0 Å². The minimum Gasteiger partial charge on any atom is -0.399 e. The molecule has 1 rings (SSSR count). The standard InChI is InChI=1S/C14H24N4O/c1-3-10-18(4-2)11-9-16-14(19)17-13-7-5-12(15)6-8-13/h5-8H,3-4,9-11,15H2,1-2H3,(H2,16,17,19). The average Bonchev–Trinajstić information content (AvgIpc) is 2.40. The Morgan fingerprint density at radius 2 is 1.89 bits per heavy atom. The van der Waals surface area contributed by atoms with Crippen LogP contribution < -0.4 is 16.4 Å². The van der Waals surface area contributed by atoms with Gasteiger partial charge in [0.2, 0.25) is 0 Å². The molecule has 5 heteroatoms. The monoisotopic (exact) mass is 264 g/mol. The molecule has 2 amide bonds. The topological polar surface area (TPSA) is 70.4 Å². The minimum atomic E-state index is -0.183. The van der Waals surface area contributed by atoms with Crippen molar-refractivity contribution in [2.45, 2.75) is 20.3 Å². The number of carbonyl (C=O) groups is 1. The molecule has 106 valence electrons. The molecule has 0 spiro atoms. The van der Waals surface area contributed by atoms with E-state index >= 15 is 0 Å². The van der Waals surface area contributed by atoms with Crippen LogP contribution in [0, 0.1) is 0 Å². The highest BCUT2D eigenvalue weighted by molar-refractivity contribution is 5.89. The molecule has 0 radical (unpaired) electrons. The molecular weight excluding hydrogens is 240 g/mol. The van der Waals surface area contributed by atoms with Crippen LogP contribution in [0.3, 0.4) is 0 Å². The first kappa shape index (κ1) is 15.3. The maximum absolute atomic E-state index is 11.7. The van der Waals surface area contributed by atoms with Crippen molar-refractivity contribution in [2.24, 2.45) is 0 Å². The Balaban J connectivity index is 2.26. The number of hydrogen-bond donors (Lipinski definition) is 3. The number of nitrogens with one attached hydrogen (secondary N) is 2. The number of nitrogens with two attached hydrogens (primary N) is 1. The third-order valence-corrected chi connectivity index (χ3v) is 2.87. The Morgan fingerprint density at radius 3 is 2.47 bits per heavy atom. The molecule has 0 saturated carbocycles. The zero-order chi connectivity index (χ0) is 14.1. The number of benzene rings is 1. The molecule has 5 nitrogen and oxygen atoms in total. The lowest BCUT2D eigenvalue weighted by Gasteiger charge is -2.19. The Hall–Kier alpha value is -1.75.